The van der Waals surface area contributed by atoms with Crippen LogP contribution >= 0.6 is 11.8 Å². The summed E-state index contributed by atoms with van der Waals surface area (Å²) in [5, 5.41) is 10.9. The molecule has 0 aliphatic heterocycles. The zero-order chi connectivity index (χ0) is 17.6. The summed E-state index contributed by atoms with van der Waals surface area (Å²) in [4.78, 5) is 23.2. The second-order valence-corrected chi connectivity index (χ2v) is 5.92. The maximum Gasteiger partial charge on any atom is 0.277 e. The van der Waals surface area contributed by atoms with Crippen LogP contribution in [0.1, 0.15) is 10.4 Å². The lowest BCUT2D eigenvalue weighted by atomic mass is 10.1. The van der Waals surface area contributed by atoms with Crippen LogP contribution < -0.4 is 11.1 Å². The van der Waals surface area contributed by atoms with E-state index in [0.717, 1.165) is 11.8 Å². The minimum Gasteiger partial charge on any atom is -0.411 e. The zero-order valence-corrected chi connectivity index (χ0v) is 13.8. The molecule has 0 aliphatic rings. The lowest BCUT2D eigenvalue weighted by molar-refractivity contribution is -0.115. The number of para-hydroxylation sites is 1. The Hall–Kier alpha value is -3.13. The molecular weight excluding hydrogens is 340 g/mol. The summed E-state index contributed by atoms with van der Waals surface area (Å²) >= 11 is 1.06. The molecule has 0 aliphatic carbocycles. The topological polar surface area (TPSA) is 111 Å². The second-order valence-electron chi connectivity index (χ2n) is 4.99. The molecule has 25 heavy (non-hydrogen) atoms. The molecule has 0 radical (unpaired) electrons. The molecule has 2 aromatic carbocycles. The Morgan fingerprint density at radius 1 is 1.04 bits per heavy atom. The van der Waals surface area contributed by atoms with Crippen molar-refractivity contribution in [2.45, 2.75) is 5.22 Å². The number of benzene rings is 2. The van der Waals surface area contributed by atoms with Crippen LogP contribution in [0.2, 0.25) is 0 Å². The van der Waals surface area contributed by atoms with Gasteiger partial charge in [-0.25, -0.2) is 0 Å². The molecule has 2 amide bonds. The van der Waals surface area contributed by atoms with Crippen molar-refractivity contribution in [2.75, 3.05) is 11.1 Å². The SMILES string of the molecule is NC(=O)CSc1nnc(-c2ccccc2NC(=O)c2ccccc2)o1. The van der Waals surface area contributed by atoms with E-state index in [0.29, 0.717) is 16.8 Å². The summed E-state index contributed by atoms with van der Waals surface area (Å²) in [6, 6.07) is 16.0. The highest BCUT2D eigenvalue weighted by molar-refractivity contribution is 7.99. The predicted octanol–water partition coefficient (Wildman–Crippen LogP) is 2.57. The standard InChI is InChI=1S/C17H14N4O3S/c18-14(22)10-25-17-21-20-16(24-17)12-8-4-5-9-13(12)19-15(23)11-6-2-1-3-7-11/h1-9H,10H2,(H2,18,22)(H,19,23). The van der Waals surface area contributed by atoms with Crippen LogP contribution in [-0.2, 0) is 4.79 Å². The number of nitrogens with zero attached hydrogens (tertiary/aromatic N) is 2. The Kier molecular flexibility index (Phi) is 5.10. The first-order valence-corrected chi connectivity index (χ1v) is 8.32. The average molecular weight is 354 g/mol. The minimum atomic E-state index is -0.472. The van der Waals surface area contributed by atoms with Gasteiger partial charge >= 0.3 is 0 Å². The normalized spacial score (nSPS) is 10.4. The number of anilines is 1. The summed E-state index contributed by atoms with van der Waals surface area (Å²) in [6.07, 6.45) is 0. The summed E-state index contributed by atoms with van der Waals surface area (Å²) in [7, 11) is 0. The van der Waals surface area contributed by atoms with Crippen LogP contribution in [-0.4, -0.2) is 27.8 Å². The van der Waals surface area contributed by atoms with E-state index < -0.39 is 5.91 Å². The number of thioether (sulfide) groups is 1. The fourth-order valence-electron chi connectivity index (χ4n) is 2.07. The number of hydrogen-bond donors (Lipinski definition) is 2. The van der Waals surface area contributed by atoms with E-state index in [-0.39, 0.29) is 22.8 Å². The van der Waals surface area contributed by atoms with E-state index in [9.17, 15) is 9.59 Å². The number of hydrogen-bond acceptors (Lipinski definition) is 6. The maximum atomic E-state index is 12.3. The van der Waals surface area contributed by atoms with Gasteiger partial charge in [0, 0.05) is 5.56 Å². The number of amides is 2. The van der Waals surface area contributed by atoms with Crippen LogP contribution in [0.5, 0.6) is 0 Å². The summed E-state index contributed by atoms with van der Waals surface area (Å²) in [5.41, 5.74) is 6.77. The van der Waals surface area contributed by atoms with Gasteiger partial charge < -0.3 is 15.5 Å². The molecule has 0 bridgehead atoms. The molecule has 126 valence electrons. The number of rotatable bonds is 6. The van der Waals surface area contributed by atoms with E-state index in [1.54, 1.807) is 48.5 Å². The highest BCUT2D eigenvalue weighted by Crippen LogP contribution is 2.29. The van der Waals surface area contributed by atoms with Gasteiger partial charge in [-0.1, -0.05) is 42.1 Å². The zero-order valence-electron chi connectivity index (χ0n) is 13.0. The average Bonchev–Trinajstić information content (AvgIpc) is 3.10. The number of aromatic nitrogens is 2. The number of carbonyl (C=O) groups excluding carboxylic acids is 2. The third kappa shape index (κ3) is 4.24. The van der Waals surface area contributed by atoms with Crippen molar-refractivity contribution in [1.29, 1.82) is 0 Å². The lowest BCUT2D eigenvalue weighted by Gasteiger charge is -2.08. The molecule has 7 nitrogen and oxygen atoms in total. The van der Waals surface area contributed by atoms with Crippen LogP contribution in [0.4, 0.5) is 5.69 Å². The van der Waals surface area contributed by atoms with Crippen molar-refractivity contribution >= 4 is 29.3 Å². The van der Waals surface area contributed by atoms with E-state index in [1.807, 2.05) is 6.07 Å². The molecule has 0 atom stereocenters. The third-order valence-corrected chi connectivity index (χ3v) is 4.03. The number of nitrogens with two attached hydrogens (primary N) is 1. The smallest absolute Gasteiger partial charge is 0.277 e. The maximum absolute atomic E-state index is 12.3. The van der Waals surface area contributed by atoms with E-state index >= 15 is 0 Å². The number of primary amides is 1. The monoisotopic (exact) mass is 354 g/mol. The van der Waals surface area contributed by atoms with Crippen LogP contribution in [0.3, 0.4) is 0 Å². The molecule has 3 rings (SSSR count). The van der Waals surface area contributed by atoms with E-state index in [2.05, 4.69) is 15.5 Å². The molecule has 0 saturated heterocycles. The fraction of sp³-hybridized carbons (Fsp3) is 0.0588. The Morgan fingerprint density at radius 3 is 2.52 bits per heavy atom. The van der Waals surface area contributed by atoms with Gasteiger partial charge in [-0.3, -0.25) is 9.59 Å². The van der Waals surface area contributed by atoms with Crippen molar-refractivity contribution in [2.24, 2.45) is 5.73 Å². The molecule has 0 spiro atoms. The van der Waals surface area contributed by atoms with Crippen molar-refractivity contribution < 1.29 is 14.0 Å². The first-order chi connectivity index (χ1) is 12.1. The fourth-order valence-corrected chi connectivity index (χ4v) is 2.57. The van der Waals surface area contributed by atoms with Gasteiger partial charge in [0.15, 0.2) is 0 Å². The van der Waals surface area contributed by atoms with Gasteiger partial charge in [-0.15, -0.1) is 10.2 Å². The molecule has 0 saturated carbocycles. The van der Waals surface area contributed by atoms with Gasteiger partial charge in [0.05, 0.1) is 17.0 Å². The molecule has 3 N–H and O–H groups in total. The Morgan fingerprint density at radius 2 is 1.76 bits per heavy atom. The van der Waals surface area contributed by atoms with Crippen molar-refractivity contribution in [3.05, 3.63) is 60.2 Å². The van der Waals surface area contributed by atoms with Crippen LogP contribution in [0.25, 0.3) is 11.5 Å². The van der Waals surface area contributed by atoms with E-state index in [1.165, 1.54) is 0 Å². The summed E-state index contributed by atoms with van der Waals surface area (Å²) in [6.45, 7) is 0. The van der Waals surface area contributed by atoms with Crippen LogP contribution in [0.15, 0.2) is 64.2 Å². The van der Waals surface area contributed by atoms with Crippen molar-refractivity contribution in [3.8, 4) is 11.5 Å². The number of nitrogens with one attached hydrogen (secondary N) is 1. The van der Waals surface area contributed by atoms with Gasteiger partial charge in [-0.2, -0.15) is 0 Å². The van der Waals surface area contributed by atoms with E-state index in [4.69, 9.17) is 10.2 Å². The lowest BCUT2D eigenvalue weighted by Crippen LogP contribution is -2.12. The summed E-state index contributed by atoms with van der Waals surface area (Å²) < 4.78 is 5.53. The molecule has 1 heterocycles. The third-order valence-electron chi connectivity index (χ3n) is 3.19. The quantitative estimate of drug-likeness (QED) is 0.658. The van der Waals surface area contributed by atoms with Crippen molar-refractivity contribution in [1.82, 2.24) is 10.2 Å². The van der Waals surface area contributed by atoms with Gasteiger partial charge in [0.25, 0.3) is 17.0 Å². The molecule has 1 aromatic heterocycles. The minimum absolute atomic E-state index is 0.0496. The first-order valence-electron chi connectivity index (χ1n) is 7.34. The predicted molar refractivity (Wildman–Crippen MR) is 94.0 cm³/mol. The molecule has 0 unspecified atom stereocenters. The second kappa shape index (κ2) is 7.63. The van der Waals surface area contributed by atoms with Crippen LogP contribution in [0, 0.1) is 0 Å². The Balaban J connectivity index is 1.81. The van der Waals surface area contributed by atoms with Gasteiger partial charge in [-0.05, 0) is 24.3 Å². The van der Waals surface area contributed by atoms with Gasteiger partial charge in [0.1, 0.15) is 0 Å². The van der Waals surface area contributed by atoms with Gasteiger partial charge in [0.2, 0.25) is 5.91 Å². The Labute approximate surface area is 147 Å². The Bertz CT molecular complexity index is 896. The first kappa shape index (κ1) is 16.7. The molecule has 0 fully saturated rings. The largest absolute Gasteiger partial charge is 0.411 e. The highest BCUT2D eigenvalue weighted by atomic mass is 32.2. The highest BCUT2D eigenvalue weighted by Gasteiger charge is 2.15. The number of carbonyl (C=O) groups is 2. The molecular formula is C17H14N4O3S. The molecule has 8 heteroatoms. The summed E-state index contributed by atoms with van der Waals surface area (Å²) in [5.74, 6) is -0.416. The van der Waals surface area contributed by atoms with Crippen molar-refractivity contribution in [3.63, 3.8) is 0 Å². The molecule has 3 aromatic rings.